The summed E-state index contributed by atoms with van der Waals surface area (Å²) in [6, 6.07) is 3.91. The molecule has 72 valence electrons. The maximum Gasteiger partial charge on any atom is 0.129 e. The average molecular weight is 219 g/mol. The molecule has 0 aromatic carbocycles. The zero-order valence-electron chi connectivity index (χ0n) is 7.11. The van der Waals surface area contributed by atoms with E-state index in [0.29, 0.717) is 11.1 Å². The van der Waals surface area contributed by atoms with Gasteiger partial charge in [-0.05, 0) is 30.4 Å². The fraction of sp³-hybridized carbons (Fsp3) is 0.444. The van der Waals surface area contributed by atoms with E-state index < -0.39 is 0 Å². The van der Waals surface area contributed by atoms with Gasteiger partial charge >= 0.3 is 0 Å². The summed E-state index contributed by atoms with van der Waals surface area (Å²) >= 11 is 5.66. The normalized spacial score (nSPS) is 17.7. The average Bonchev–Trinajstić information content (AvgIpc) is 2.87. The topological polar surface area (TPSA) is 38.9 Å². The Hall–Kier alpha value is -0.310. The van der Waals surface area contributed by atoms with Crippen molar-refractivity contribution in [3.63, 3.8) is 0 Å². The van der Waals surface area contributed by atoms with Crippen LogP contribution >= 0.6 is 24.0 Å². The van der Waals surface area contributed by atoms with Crippen molar-refractivity contribution in [1.29, 1.82) is 0 Å². The summed E-state index contributed by atoms with van der Waals surface area (Å²) in [5, 5.41) is 0.529. The molecule has 1 atom stereocenters. The predicted molar refractivity (Wildman–Crippen MR) is 56.1 cm³/mol. The second kappa shape index (κ2) is 4.27. The summed E-state index contributed by atoms with van der Waals surface area (Å²) in [4.78, 5) is 4.00. The van der Waals surface area contributed by atoms with Crippen molar-refractivity contribution in [3.05, 3.63) is 29.0 Å². The van der Waals surface area contributed by atoms with Gasteiger partial charge in [-0.2, -0.15) is 0 Å². The Morgan fingerprint density at radius 1 is 1.46 bits per heavy atom. The molecule has 0 bridgehead atoms. The fourth-order valence-corrected chi connectivity index (χ4v) is 1.42. The Labute approximate surface area is 88.9 Å². The van der Waals surface area contributed by atoms with Crippen LogP contribution in [-0.4, -0.2) is 4.98 Å². The molecule has 2 rings (SSSR count). The summed E-state index contributed by atoms with van der Waals surface area (Å²) in [7, 11) is 0. The monoisotopic (exact) mass is 218 g/mol. The largest absolute Gasteiger partial charge is 0.324 e. The van der Waals surface area contributed by atoms with Crippen molar-refractivity contribution >= 4 is 24.0 Å². The molecular formula is C9H12Cl2N2. The van der Waals surface area contributed by atoms with Crippen molar-refractivity contribution < 1.29 is 0 Å². The number of hydrogen-bond acceptors (Lipinski definition) is 2. The van der Waals surface area contributed by atoms with E-state index in [1.807, 2.05) is 6.07 Å². The molecule has 1 unspecified atom stereocenters. The first-order chi connectivity index (χ1) is 5.77. The van der Waals surface area contributed by atoms with Gasteiger partial charge in [0.05, 0.1) is 0 Å². The minimum absolute atomic E-state index is 0. The van der Waals surface area contributed by atoms with Crippen LogP contribution in [0.15, 0.2) is 18.3 Å². The van der Waals surface area contributed by atoms with Gasteiger partial charge in [0.15, 0.2) is 0 Å². The van der Waals surface area contributed by atoms with Crippen LogP contribution in [-0.2, 0) is 0 Å². The van der Waals surface area contributed by atoms with Gasteiger partial charge < -0.3 is 5.73 Å². The van der Waals surface area contributed by atoms with Crippen LogP contribution in [0.5, 0.6) is 0 Å². The van der Waals surface area contributed by atoms with Gasteiger partial charge in [-0.15, -0.1) is 12.4 Å². The van der Waals surface area contributed by atoms with Gasteiger partial charge in [0.2, 0.25) is 0 Å². The van der Waals surface area contributed by atoms with Gasteiger partial charge in [-0.1, -0.05) is 17.7 Å². The van der Waals surface area contributed by atoms with Gasteiger partial charge in [0.1, 0.15) is 5.15 Å². The maximum absolute atomic E-state index is 5.97. The highest BCUT2D eigenvalue weighted by atomic mass is 35.5. The minimum atomic E-state index is 0. The Bertz CT molecular complexity index is 269. The quantitative estimate of drug-likeness (QED) is 0.776. The van der Waals surface area contributed by atoms with Crippen LogP contribution in [0.1, 0.15) is 24.4 Å². The summed E-state index contributed by atoms with van der Waals surface area (Å²) < 4.78 is 0. The second-order valence-corrected chi connectivity index (χ2v) is 3.66. The third-order valence-corrected chi connectivity index (χ3v) is 2.49. The fourth-order valence-electron chi connectivity index (χ4n) is 1.31. The summed E-state index contributed by atoms with van der Waals surface area (Å²) in [6.07, 6.45) is 4.28. The number of nitrogens with zero attached hydrogens (tertiary/aromatic N) is 1. The molecule has 2 N–H and O–H groups in total. The molecule has 0 radical (unpaired) electrons. The number of rotatable bonds is 2. The molecule has 13 heavy (non-hydrogen) atoms. The molecule has 1 heterocycles. The molecule has 1 saturated carbocycles. The Balaban J connectivity index is 0.000000845. The minimum Gasteiger partial charge on any atom is -0.324 e. The van der Waals surface area contributed by atoms with Crippen LogP contribution in [0.2, 0.25) is 5.15 Å². The molecule has 0 spiro atoms. The van der Waals surface area contributed by atoms with Crippen LogP contribution in [0, 0.1) is 5.92 Å². The van der Waals surface area contributed by atoms with Crippen molar-refractivity contribution in [2.24, 2.45) is 11.7 Å². The standard InChI is InChI=1S/C9H11ClN2.ClH/c10-8-4-3-7(5-12-8)9(11)6-1-2-6;/h3-6,9H,1-2,11H2;1H. The van der Waals surface area contributed by atoms with E-state index >= 15 is 0 Å². The third-order valence-electron chi connectivity index (χ3n) is 2.27. The Morgan fingerprint density at radius 2 is 2.15 bits per heavy atom. The van der Waals surface area contributed by atoms with Gasteiger partial charge in [0, 0.05) is 12.2 Å². The first-order valence-corrected chi connectivity index (χ1v) is 4.52. The highest BCUT2D eigenvalue weighted by molar-refractivity contribution is 6.29. The van der Waals surface area contributed by atoms with E-state index in [1.165, 1.54) is 12.8 Å². The Morgan fingerprint density at radius 3 is 2.62 bits per heavy atom. The van der Waals surface area contributed by atoms with Gasteiger partial charge in [0.25, 0.3) is 0 Å². The van der Waals surface area contributed by atoms with E-state index in [2.05, 4.69) is 4.98 Å². The molecule has 2 nitrogen and oxygen atoms in total. The van der Waals surface area contributed by atoms with Crippen LogP contribution in [0.4, 0.5) is 0 Å². The molecule has 1 aromatic heterocycles. The van der Waals surface area contributed by atoms with E-state index in [0.717, 1.165) is 5.56 Å². The van der Waals surface area contributed by atoms with Crippen molar-refractivity contribution in [1.82, 2.24) is 4.98 Å². The highest BCUT2D eigenvalue weighted by Crippen LogP contribution is 2.39. The molecule has 1 aliphatic carbocycles. The SMILES string of the molecule is Cl.NC(c1ccc(Cl)nc1)C1CC1. The molecule has 4 heteroatoms. The molecule has 0 aliphatic heterocycles. The lowest BCUT2D eigenvalue weighted by Crippen LogP contribution is -2.12. The first kappa shape index (κ1) is 10.8. The van der Waals surface area contributed by atoms with Gasteiger partial charge in [-0.3, -0.25) is 0 Å². The lowest BCUT2D eigenvalue weighted by Gasteiger charge is -2.08. The van der Waals surface area contributed by atoms with Crippen molar-refractivity contribution in [2.75, 3.05) is 0 Å². The second-order valence-electron chi connectivity index (χ2n) is 3.28. The van der Waals surface area contributed by atoms with Crippen molar-refractivity contribution in [2.45, 2.75) is 18.9 Å². The summed E-state index contributed by atoms with van der Waals surface area (Å²) in [6.45, 7) is 0. The lowest BCUT2D eigenvalue weighted by molar-refractivity contribution is 0.631. The molecule has 0 saturated heterocycles. The Kier molecular flexibility index (Phi) is 3.54. The summed E-state index contributed by atoms with van der Waals surface area (Å²) in [5.41, 5.74) is 7.07. The van der Waals surface area contributed by atoms with E-state index in [9.17, 15) is 0 Å². The molecule has 1 aromatic rings. The number of aromatic nitrogens is 1. The van der Waals surface area contributed by atoms with Gasteiger partial charge in [-0.25, -0.2) is 4.98 Å². The highest BCUT2D eigenvalue weighted by Gasteiger charge is 2.29. The van der Waals surface area contributed by atoms with Crippen LogP contribution < -0.4 is 5.73 Å². The predicted octanol–water partition coefficient (Wildman–Crippen LogP) is 2.57. The first-order valence-electron chi connectivity index (χ1n) is 4.14. The summed E-state index contributed by atoms with van der Waals surface area (Å²) in [5.74, 6) is 0.674. The third kappa shape index (κ3) is 2.56. The lowest BCUT2D eigenvalue weighted by atomic mass is 10.1. The molecular weight excluding hydrogens is 207 g/mol. The van der Waals surface area contributed by atoms with E-state index in [4.69, 9.17) is 17.3 Å². The molecule has 1 aliphatic rings. The van der Waals surface area contributed by atoms with Crippen molar-refractivity contribution in [3.8, 4) is 0 Å². The molecule has 0 amide bonds. The maximum atomic E-state index is 5.97. The molecule has 1 fully saturated rings. The number of hydrogen-bond donors (Lipinski definition) is 1. The smallest absolute Gasteiger partial charge is 0.129 e. The number of nitrogens with two attached hydrogens (primary N) is 1. The van der Waals surface area contributed by atoms with E-state index in [1.54, 1.807) is 12.3 Å². The van der Waals surface area contributed by atoms with E-state index in [-0.39, 0.29) is 18.4 Å². The van der Waals surface area contributed by atoms with Crippen LogP contribution in [0.3, 0.4) is 0 Å². The number of halogens is 2. The van der Waals surface area contributed by atoms with Crippen LogP contribution in [0.25, 0.3) is 0 Å². The zero-order chi connectivity index (χ0) is 8.55. The number of pyridine rings is 1. The zero-order valence-corrected chi connectivity index (χ0v) is 8.68.